The van der Waals surface area contributed by atoms with Gasteiger partial charge in [-0.1, -0.05) is 6.07 Å². The van der Waals surface area contributed by atoms with Crippen LogP contribution >= 0.6 is 11.3 Å². The van der Waals surface area contributed by atoms with Crippen LogP contribution in [0.1, 0.15) is 43.9 Å². The number of hydrogen-bond donors (Lipinski definition) is 1. The Balaban J connectivity index is 1.82. The second-order valence-corrected chi connectivity index (χ2v) is 8.48. The van der Waals surface area contributed by atoms with Crippen LogP contribution in [0.3, 0.4) is 0 Å². The molecule has 2 aromatic heterocycles. The lowest BCUT2D eigenvalue weighted by atomic mass is 9.86. The van der Waals surface area contributed by atoms with Gasteiger partial charge in [0.1, 0.15) is 0 Å². The first-order chi connectivity index (χ1) is 13.5. The zero-order chi connectivity index (χ0) is 19.6. The highest BCUT2D eigenvalue weighted by molar-refractivity contribution is 7.08. The van der Waals surface area contributed by atoms with Crippen molar-refractivity contribution < 1.29 is 9.59 Å². The predicted octanol–water partition coefficient (Wildman–Crippen LogP) is 4.48. The summed E-state index contributed by atoms with van der Waals surface area (Å²) in [5.41, 5.74) is 5.89. The molecular formula is C22H21N3O2S. The van der Waals surface area contributed by atoms with E-state index in [0.29, 0.717) is 18.2 Å². The number of nitrogens with one attached hydrogen (secondary N) is 1. The average molecular weight is 391 g/mol. The second-order valence-electron chi connectivity index (χ2n) is 7.70. The molecule has 2 amide bonds. The molecule has 0 saturated heterocycles. The monoisotopic (exact) mass is 391 g/mol. The Kier molecular flexibility index (Phi) is 3.74. The lowest BCUT2D eigenvalue weighted by molar-refractivity contribution is -0.139. The number of nitrogens with zero attached hydrogens (tertiary/aromatic N) is 2. The minimum atomic E-state index is -0.220. The second kappa shape index (κ2) is 6.07. The fraction of sp³-hybridized carbons (Fsp3) is 0.273. The molecule has 1 atom stereocenters. The Labute approximate surface area is 167 Å². The molecule has 0 unspecified atom stereocenters. The van der Waals surface area contributed by atoms with E-state index in [2.05, 4.69) is 53.5 Å². The molecule has 28 heavy (non-hydrogen) atoms. The summed E-state index contributed by atoms with van der Waals surface area (Å²) in [5, 5.41) is 8.80. The first-order valence-corrected chi connectivity index (χ1v) is 10.4. The topological polar surface area (TPSA) is 54.3 Å². The summed E-state index contributed by atoms with van der Waals surface area (Å²) in [6.45, 7) is 6.08. The third-order valence-corrected chi connectivity index (χ3v) is 6.40. The van der Waals surface area contributed by atoms with E-state index in [9.17, 15) is 9.59 Å². The summed E-state index contributed by atoms with van der Waals surface area (Å²) >= 11 is 1.62. The molecule has 0 bridgehead atoms. The highest BCUT2D eigenvalue weighted by atomic mass is 32.1. The van der Waals surface area contributed by atoms with E-state index < -0.39 is 0 Å². The number of anilines is 1. The zero-order valence-corrected chi connectivity index (χ0v) is 16.8. The number of amides is 2. The lowest BCUT2D eigenvalue weighted by Gasteiger charge is -2.18. The van der Waals surface area contributed by atoms with Crippen molar-refractivity contribution >= 4 is 39.7 Å². The van der Waals surface area contributed by atoms with Gasteiger partial charge in [0.25, 0.3) is 5.91 Å². The smallest absolute Gasteiger partial charge is 0.259 e. The van der Waals surface area contributed by atoms with E-state index in [1.54, 1.807) is 11.3 Å². The molecule has 1 N–H and O–H groups in total. The van der Waals surface area contributed by atoms with Gasteiger partial charge in [0, 0.05) is 41.9 Å². The van der Waals surface area contributed by atoms with Crippen molar-refractivity contribution in [2.45, 2.75) is 32.7 Å². The largest absolute Gasteiger partial charge is 0.356 e. The summed E-state index contributed by atoms with van der Waals surface area (Å²) in [5.74, 6) is -0.594. The van der Waals surface area contributed by atoms with Crippen LogP contribution in [0.25, 0.3) is 10.9 Å². The normalized spacial score (nSPS) is 18.6. The van der Waals surface area contributed by atoms with Gasteiger partial charge in [-0.2, -0.15) is 11.3 Å². The molecule has 142 valence electrons. The quantitative estimate of drug-likeness (QED) is 0.701. The molecule has 4 heterocycles. The van der Waals surface area contributed by atoms with Gasteiger partial charge in [-0.05, 0) is 53.9 Å². The van der Waals surface area contributed by atoms with Crippen LogP contribution in [0, 0.1) is 0 Å². The number of carbonyl (C=O) groups is 2. The van der Waals surface area contributed by atoms with Crippen molar-refractivity contribution in [3.8, 4) is 0 Å². The zero-order valence-electron chi connectivity index (χ0n) is 16.0. The maximum absolute atomic E-state index is 13.3. The van der Waals surface area contributed by atoms with Crippen LogP contribution in [-0.2, 0) is 9.59 Å². The highest BCUT2D eigenvalue weighted by Gasteiger charge is 2.41. The van der Waals surface area contributed by atoms with Gasteiger partial charge in [0.2, 0.25) is 5.91 Å². The van der Waals surface area contributed by atoms with Gasteiger partial charge >= 0.3 is 0 Å². The van der Waals surface area contributed by atoms with Gasteiger partial charge in [-0.15, -0.1) is 0 Å². The summed E-state index contributed by atoms with van der Waals surface area (Å²) in [6.07, 6.45) is 2.18. The Morgan fingerprint density at radius 2 is 2.11 bits per heavy atom. The number of carbonyl (C=O) groups excluding carboxylic acids is 2. The van der Waals surface area contributed by atoms with E-state index in [1.165, 1.54) is 11.8 Å². The summed E-state index contributed by atoms with van der Waals surface area (Å²) in [7, 11) is 0. The van der Waals surface area contributed by atoms with Gasteiger partial charge in [0.05, 0.1) is 17.6 Å². The Bertz CT molecular complexity index is 1150. The molecule has 1 aromatic carbocycles. The SMILES string of the molecule is CC(=O)N1CC2=C(C1=O)[C@H](c1ccsc1)c1cn(C(C)C)c3cccc(c13)N2. The standard InChI is InChI=1S/C22H21N3O2S/c1-12(2)24-9-15-19(14-7-8-28-11-14)21-17(10-25(13(3)26)22(21)27)23-16-5-4-6-18(24)20(15)16/h4-9,11-12,19,23H,10H2,1-3H3/t19-/m1/s1. The molecule has 2 aliphatic heterocycles. The van der Waals surface area contributed by atoms with Crippen molar-refractivity contribution in [2.24, 2.45) is 0 Å². The Hall–Kier alpha value is -2.86. The van der Waals surface area contributed by atoms with Crippen LogP contribution in [-0.4, -0.2) is 27.8 Å². The number of benzene rings is 1. The maximum Gasteiger partial charge on any atom is 0.259 e. The first kappa shape index (κ1) is 17.3. The molecular weight excluding hydrogens is 370 g/mol. The molecule has 0 aliphatic carbocycles. The van der Waals surface area contributed by atoms with Crippen molar-refractivity contribution in [1.82, 2.24) is 9.47 Å². The fourth-order valence-electron chi connectivity index (χ4n) is 4.44. The van der Waals surface area contributed by atoms with Crippen LogP contribution in [0.4, 0.5) is 5.69 Å². The number of aromatic nitrogens is 1. The molecule has 5 nitrogen and oxygen atoms in total. The van der Waals surface area contributed by atoms with Gasteiger partial charge in [0.15, 0.2) is 0 Å². The molecule has 0 radical (unpaired) electrons. The van der Waals surface area contributed by atoms with Gasteiger partial charge in [-0.25, -0.2) is 0 Å². The third kappa shape index (κ3) is 2.31. The maximum atomic E-state index is 13.3. The lowest BCUT2D eigenvalue weighted by Crippen LogP contribution is -2.33. The van der Waals surface area contributed by atoms with Crippen LogP contribution in [0.15, 0.2) is 52.5 Å². The van der Waals surface area contributed by atoms with Crippen molar-refractivity contribution in [1.29, 1.82) is 0 Å². The van der Waals surface area contributed by atoms with Crippen LogP contribution in [0.2, 0.25) is 0 Å². The Morgan fingerprint density at radius 1 is 1.29 bits per heavy atom. The summed E-state index contributed by atoms with van der Waals surface area (Å²) in [6, 6.07) is 8.61. The Morgan fingerprint density at radius 3 is 2.79 bits per heavy atom. The first-order valence-electron chi connectivity index (χ1n) is 9.45. The fourth-order valence-corrected chi connectivity index (χ4v) is 5.13. The molecule has 2 aliphatic rings. The predicted molar refractivity (Wildman–Crippen MR) is 112 cm³/mol. The average Bonchev–Trinajstić information content (AvgIpc) is 3.35. The molecule has 0 saturated carbocycles. The minimum absolute atomic E-state index is 0.184. The number of rotatable bonds is 2. The van der Waals surface area contributed by atoms with E-state index in [0.717, 1.165) is 33.4 Å². The number of thiophene rings is 1. The molecule has 5 rings (SSSR count). The van der Waals surface area contributed by atoms with Crippen LogP contribution < -0.4 is 5.32 Å². The number of imide groups is 1. The molecule has 0 spiro atoms. The van der Waals surface area contributed by atoms with Gasteiger partial charge in [-0.3, -0.25) is 14.5 Å². The minimum Gasteiger partial charge on any atom is -0.356 e. The highest BCUT2D eigenvalue weighted by Crippen LogP contribution is 2.47. The van der Waals surface area contributed by atoms with E-state index in [1.807, 2.05) is 11.4 Å². The van der Waals surface area contributed by atoms with Crippen LogP contribution in [0.5, 0.6) is 0 Å². The number of hydrogen-bond acceptors (Lipinski definition) is 4. The van der Waals surface area contributed by atoms with Crippen molar-refractivity contribution in [2.75, 3.05) is 11.9 Å². The van der Waals surface area contributed by atoms with Crippen molar-refractivity contribution in [3.63, 3.8) is 0 Å². The summed E-state index contributed by atoms with van der Waals surface area (Å²) < 4.78 is 2.27. The van der Waals surface area contributed by atoms with E-state index >= 15 is 0 Å². The third-order valence-electron chi connectivity index (χ3n) is 5.70. The molecule has 6 heteroatoms. The van der Waals surface area contributed by atoms with Gasteiger partial charge < -0.3 is 9.88 Å². The van der Waals surface area contributed by atoms with Crippen molar-refractivity contribution in [3.05, 3.63) is 63.6 Å². The van der Waals surface area contributed by atoms with E-state index in [-0.39, 0.29) is 17.7 Å². The van der Waals surface area contributed by atoms with E-state index in [4.69, 9.17) is 0 Å². The molecule has 3 aromatic rings. The molecule has 0 fully saturated rings. The summed E-state index contributed by atoms with van der Waals surface area (Å²) in [4.78, 5) is 26.6.